The minimum absolute atomic E-state index is 0.0594. The van der Waals surface area contributed by atoms with Crippen LogP contribution >= 0.6 is 35.3 Å². The van der Waals surface area contributed by atoms with Gasteiger partial charge in [0.25, 0.3) is 5.91 Å². The van der Waals surface area contributed by atoms with Crippen LogP contribution in [0.5, 0.6) is 0 Å². The molecule has 1 N–H and O–H groups in total. The van der Waals surface area contributed by atoms with Gasteiger partial charge in [-0.25, -0.2) is 13.9 Å². The zero-order valence-electron chi connectivity index (χ0n) is 12.9. The standard InChI is InChI=1S/C15H6F4N4OS3/c16-7-4-2-1-3-6(7)10-8(5-9-11(24)21-14(25)26-9)23-13(20-10)27-12(22-23)15(17,18)19/h1-5H,(H,21,24,25)/b9-5-. The molecule has 1 amide bonds. The van der Waals surface area contributed by atoms with Crippen molar-refractivity contribution < 1.29 is 22.4 Å². The maximum atomic E-state index is 14.2. The van der Waals surface area contributed by atoms with Gasteiger partial charge in [0.15, 0.2) is 0 Å². The number of imidazole rings is 1. The Morgan fingerprint density at radius 2 is 2.00 bits per heavy atom. The largest absolute Gasteiger partial charge is 0.445 e. The summed E-state index contributed by atoms with van der Waals surface area (Å²) < 4.78 is 54.4. The third-order valence-corrected chi connectivity index (χ3v) is 5.64. The van der Waals surface area contributed by atoms with Gasteiger partial charge in [0.2, 0.25) is 9.97 Å². The number of carbonyl (C=O) groups excluding carboxylic acids is 1. The molecule has 1 aromatic carbocycles. The zero-order valence-corrected chi connectivity index (χ0v) is 15.3. The van der Waals surface area contributed by atoms with Crippen LogP contribution in [0.2, 0.25) is 0 Å². The summed E-state index contributed by atoms with van der Waals surface area (Å²) in [6.07, 6.45) is -3.34. The molecule has 3 heterocycles. The second-order valence-electron chi connectivity index (χ2n) is 5.28. The van der Waals surface area contributed by atoms with E-state index in [0.29, 0.717) is 11.3 Å². The Morgan fingerprint density at radius 3 is 2.63 bits per heavy atom. The summed E-state index contributed by atoms with van der Waals surface area (Å²) in [5.41, 5.74) is 0.227. The smallest absolute Gasteiger partial charge is 0.307 e. The zero-order chi connectivity index (χ0) is 19.3. The number of thioether (sulfide) groups is 1. The van der Waals surface area contributed by atoms with Crippen LogP contribution in [0.4, 0.5) is 17.6 Å². The number of amides is 1. The number of nitrogens with zero attached hydrogens (tertiary/aromatic N) is 3. The molecule has 1 aliphatic heterocycles. The van der Waals surface area contributed by atoms with E-state index in [1.807, 2.05) is 0 Å². The molecule has 0 bridgehead atoms. The van der Waals surface area contributed by atoms with Gasteiger partial charge < -0.3 is 5.32 Å². The van der Waals surface area contributed by atoms with Gasteiger partial charge in [0.1, 0.15) is 15.8 Å². The van der Waals surface area contributed by atoms with Gasteiger partial charge in [-0.15, -0.1) is 5.10 Å². The number of benzene rings is 1. The fourth-order valence-electron chi connectivity index (χ4n) is 2.40. The van der Waals surface area contributed by atoms with Crippen LogP contribution in [0.1, 0.15) is 10.7 Å². The van der Waals surface area contributed by atoms with Crippen LogP contribution in [-0.4, -0.2) is 24.8 Å². The second-order valence-corrected chi connectivity index (χ2v) is 7.95. The normalized spacial score (nSPS) is 16.5. The molecule has 27 heavy (non-hydrogen) atoms. The summed E-state index contributed by atoms with van der Waals surface area (Å²) in [4.78, 5) is 16.1. The molecule has 1 aliphatic rings. The van der Waals surface area contributed by atoms with E-state index in [9.17, 15) is 22.4 Å². The van der Waals surface area contributed by atoms with Crippen LogP contribution in [0.3, 0.4) is 0 Å². The fraction of sp³-hybridized carbons (Fsp3) is 0.0667. The van der Waals surface area contributed by atoms with Crippen molar-refractivity contribution in [2.75, 3.05) is 0 Å². The van der Waals surface area contributed by atoms with E-state index in [2.05, 4.69) is 15.4 Å². The summed E-state index contributed by atoms with van der Waals surface area (Å²) in [6.45, 7) is 0. The van der Waals surface area contributed by atoms with Crippen LogP contribution in [0.15, 0.2) is 29.2 Å². The van der Waals surface area contributed by atoms with Gasteiger partial charge in [-0.05, 0) is 18.2 Å². The summed E-state index contributed by atoms with van der Waals surface area (Å²) >= 11 is 6.19. The Hall–Kier alpha value is -2.31. The maximum Gasteiger partial charge on any atom is 0.445 e. The number of hydrogen-bond donors (Lipinski definition) is 1. The van der Waals surface area contributed by atoms with E-state index in [-0.39, 0.29) is 31.1 Å². The van der Waals surface area contributed by atoms with E-state index < -0.39 is 22.9 Å². The molecule has 0 radical (unpaired) electrons. The van der Waals surface area contributed by atoms with E-state index >= 15 is 0 Å². The molecular formula is C15H6F4N4OS3. The minimum atomic E-state index is -4.64. The number of hydrogen-bond acceptors (Lipinski definition) is 6. The highest BCUT2D eigenvalue weighted by molar-refractivity contribution is 8.26. The second kappa shape index (κ2) is 6.39. The van der Waals surface area contributed by atoms with E-state index in [1.54, 1.807) is 6.07 Å². The summed E-state index contributed by atoms with van der Waals surface area (Å²) in [6, 6.07) is 5.71. The summed E-state index contributed by atoms with van der Waals surface area (Å²) in [5.74, 6) is -1.09. The molecule has 0 aliphatic carbocycles. The molecule has 0 saturated carbocycles. The number of carbonyl (C=O) groups is 1. The lowest BCUT2D eigenvalue weighted by molar-refractivity contribution is -0.138. The predicted molar refractivity (Wildman–Crippen MR) is 97.6 cm³/mol. The molecule has 0 spiro atoms. The molecule has 0 atom stereocenters. The number of fused-ring (bicyclic) bond motifs is 1. The first kappa shape index (κ1) is 18.1. The first-order chi connectivity index (χ1) is 12.7. The van der Waals surface area contributed by atoms with Crippen LogP contribution in [-0.2, 0) is 11.0 Å². The van der Waals surface area contributed by atoms with Crippen molar-refractivity contribution in [2.45, 2.75) is 6.18 Å². The van der Waals surface area contributed by atoms with Gasteiger partial charge in [0.05, 0.1) is 10.6 Å². The Bertz CT molecular complexity index is 1130. The maximum absolute atomic E-state index is 14.2. The average molecular weight is 430 g/mol. The highest BCUT2D eigenvalue weighted by Crippen LogP contribution is 2.37. The molecule has 138 valence electrons. The first-order valence-corrected chi connectivity index (χ1v) is 9.24. The van der Waals surface area contributed by atoms with Crippen molar-refractivity contribution in [2.24, 2.45) is 0 Å². The van der Waals surface area contributed by atoms with Crippen molar-refractivity contribution in [1.29, 1.82) is 0 Å². The monoisotopic (exact) mass is 430 g/mol. The number of rotatable bonds is 2. The highest BCUT2D eigenvalue weighted by Gasteiger charge is 2.37. The fourth-order valence-corrected chi connectivity index (χ4v) is 4.20. The lowest BCUT2D eigenvalue weighted by Gasteiger charge is -2.03. The van der Waals surface area contributed by atoms with E-state index in [1.165, 1.54) is 24.3 Å². The lowest BCUT2D eigenvalue weighted by atomic mass is 10.1. The molecule has 1 fully saturated rings. The molecule has 4 rings (SSSR count). The van der Waals surface area contributed by atoms with Crippen LogP contribution < -0.4 is 5.32 Å². The number of halogens is 4. The first-order valence-electron chi connectivity index (χ1n) is 7.20. The van der Waals surface area contributed by atoms with Crippen molar-refractivity contribution in [1.82, 2.24) is 19.9 Å². The van der Waals surface area contributed by atoms with Crippen molar-refractivity contribution in [3.8, 4) is 11.3 Å². The summed E-state index contributed by atoms with van der Waals surface area (Å²) in [5, 5.41) is 4.87. The summed E-state index contributed by atoms with van der Waals surface area (Å²) in [7, 11) is 0. The number of nitrogens with one attached hydrogen (secondary N) is 1. The van der Waals surface area contributed by atoms with E-state index in [0.717, 1.165) is 16.3 Å². The molecule has 12 heteroatoms. The van der Waals surface area contributed by atoms with Gasteiger partial charge in [-0.3, -0.25) is 4.79 Å². The molecule has 5 nitrogen and oxygen atoms in total. The Labute approximate surface area is 162 Å². The number of aromatic nitrogens is 3. The Balaban J connectivity index is 1.97. The minimum Gasteiger partial charge on any atom is -0.307 e. The van der Waals surface area contributed by atoms with Gasteiger partial charge >= 0.3 is 6.18 Å². The van der Waals surface area contributed by atoms with Crippen molar-refractivity contribution in [3.63, 3.8) is 0 Å². The lowest BCUT2D eigenvalue weighted by Crippen LogP contribution is -2.17. The van der Waals surface area contributed by atoms with Crippen molar-refractivity contribution >= 4 is 56.6 Å². The third kappa shape index (κ3) is 3.24. The average Bonchev–Trinajstić information content (AvgIpc) is 3.22. The quantitative estimate of drug-likeness (QED) is 0.377. The molecule has 1 saturated heterocycles. The number of thiocarbonyl (C=S) groups is 1. The van der Waals surface area contributed by atoms with Gasteiger partial charge in [0, 0.05) is 5.56 Å². The van der Waals surface area contributed by atoms with Gasteiger partial charge in [-0.2, -0.15) is 13.2 Å². The van der Waals surface area contributed by atoms with Crippen LogP contribution in [0, 0.1) is 5.82 Å². The van der Waals surface area contributed by atoms with E-state index in [4.69, 9.17) is 12.2 Å². The predicted octanol–water partition coefficient (Wildman–Crippen LogP) is 4.10. The molecule has 2 aromatic heterocycles. The molecule has 3 aromatic rings. The Kier molecular flexibility index (Phi) is 4.28. The highest BCUT2D eigenvalue weighted by atomic mass is 32.2. The van der Waals surface area contributed by atoms with Gasteiger partial charge in [-0.1, -0.05) is 47.4 Å². The molecule has 0 unspecified atom stereocenters. The van der Waals surface area contributed by atoms with Crippen LogP contribution in [0.25, 0.3) is 22.3 Å². The van der Waals surface area contributed by atoms with Crippen molar-refractivity contribution in [3.05, 3.63) is 45.7 Å². The third-order valence-electron chi connectivity index (χ3n) is 3.52. The molecular weight excluding hydrogens is 424 g/mol. The SMILES string of the molecule is O=C1NC(=S)S/C1=C\c1c(-c2ccccc2F)nc2sc(C(F)(F)F)nn12. The Morgan fingerprint density at radius 1 is 1.26 bits per heavy atom. The topological polar surface area (TPSA) is 59.3 Å². The number of alkyl halides is 3.